The number of benzene rings is 3. The smallest absolute Gasteiger partial charge is 0.150 e. The van der Waals surface area contributed by atoms with Crippen molar-refractivity contribution in [1.82, 2.24) is 4.90 Å². The molecule has 0 aliphatic carbocycles. The first-order valence-electron chi connectivity index (χ1n) is 13.7. The second-order valence-corrected chi connectivity index (χ2v) is 11.3. The molecule has 1 fully saturated rings. The highest BCUT2D eigenvalue weighted by atomic mass is 16.5. The lowest BCUT2D eigenvalue weighted by molar-refractivity contribution is 0.0535. The van der Waals surface area contributed by atoms with Gasteiger partial charge in [0.1, 0.15) is 41.8 Å². The van der Waals surface area contributed by atoms with Gasteiger partial charge in [-0.1, -0.05) is 30.3 Å². The van der Waals surface area contributed by atoms with E-state index in [-0.39, 0.29) is 17.6 Å². The molecule has 2 heterocycles. The van der Waals surface area contributed by atoms with E-state index in [1.54, 1.807) is 0 Å². The summed E-state index contributed by atoms with van der Waals surface area (Å²) in [5.74, 6) is 3.05. The van der Waals surface area contributed by atoms with Crippen LogP contribution in [0, 0.1) is 20.8 Å². The number of nitrogens with zero attached hydrogens (tertiary/aromatic N) is 1. The second-order valence-electron chi connectivity index (χ2n) is 11.3. The number of carbonyl (C=O) groups is 1. The Kier molecular flexibility index (Phi) is 7.49. The number of carbonyl (C=O) groups excluding carboxylic acids is 1. The van der Waals surface area contributed by atoms with E-state index in [1.807, 2.05) is 30.3 Å². The number of likely N-dealkylation sites (tertiary alicyclic amines) is 1. The topological polar surface area (TPSA) is 48.0 Å². The van der Waals surface area contributed by atoms with E-state index in [0.717, 1.165) is 67.1 Å². The molecule has 0 radical (unpaired) electrons. The minimum Gasteiger partial charge on any atom is -0.489 e. The monoisotopic (exact) mass is 513 g/mol. The SMILES string of the molecule is Cc1c(C)c2c(c(C)c1OCc1ccccc1)C(CN1CCC[C@@H](Oc3ccc(C=O)cc3)C1)C(C)(C)O2. The minimum absolute atomic E-state index is 0.126. The van der Waals surface area contributed by atoms with Gasteiger partial charge in [0.25, 0.3) is 0 Å². The van der Waals surface area contributed by atoms with Crippen LogP contribution in [0.5, 0.6) is 17.2 Å². The third-order valence-electron chi connectivity index (χ3n) is 8.23. The molecule has 1 unspecified atom stereocenters. The largest absolute Gasteiger partial charge is 0.489 e. The molecule has 0 N–H and O–H groups in total. The van der Waals surface area contributed by atoms with Crippen LogP contribution in [0.3, 0.4) is 0 Å². The predicted molar refractivity (Wildman–Crippen MR) is 151 cm³/mol. The summed E-state index contributed by atoms with van der Waals surface area (Å²) in [6.45, 7) is 14.3. The molecule has 0 spiro atoms. The van der Waals surface area contributed by atoms with E-state index in [2.05, 4.69) is 63.8 Å². The average Bonchev–Trinajstić information content (AvgIpc) is 3.19. The van der Waals surface area contributed by atoms with Crippen LogP contribution in [0.4, 0.5) is 0 Å². The van der Waals surface area contributed by atoms with E-state index in [0.29, 0.717) is 12.2 Å². The van der Waals surface area contributed by atoms with Gasteiger partial charge in [-0.3, -0.25) is 9.69 Å². The number of hydrogen-bond acceptors (Lipinski definition) is 5. The molecule has 0 amide bonds. The average molecular weight is 514 g/mol. The summed E-state index contributed by atoms with van der Waals surface area (Å²) in [5.41, 5.74) is 6.31. The highest BCUT2D eigenvalue weighted by Gasteiger charge is 2.45. The Balaban J connectivity index is 1.35. The van der Waals surface area contributed by atoms with Crippen molar-refractivity contribution >= 4 is 6.29 Å². The normalized spacial score (nSPS) is 20.4. The lowest BCUT2D eigenvalue weighted by Gasteiger charge is -2.37. The summed E-state index contributed by atoms with van der Waals surface area (Å²) >= 11 is 0. The third-order valence-corrected chi connectivity index (χ3v) is 8.23. The summed E-state index contributed by atoms with van der Waals surface area (Å²) in [6.07, 6.45) is 3.11. The quantitative estimate of drug-likeness (QED) is 0.310. The van der Waals surface area contributed by atoms with Gasteiger partial charge in [-0.05, 0) is 101 Å². The van der Waals surface area contributed by atoms with Gasteiger partial charge in [0.15, 0.2) is 0 Å². The number of ether oxygens (including phenoxy) is 3. The van der Waals surface area contributed by atoms with E-state index in [1.165, 1.54) is 16.7 Å². The van der Waals surface area contributed by atoms with E-state index in [9.17, 15) is 4.79 Å². The van der Waals surface area contributed by atoms with Crippen LogP contribution >= 0.6 is 0 Å². The molecule has 5 nitrogen and oxygen atoms in total. The molecule has 3 aromatic carbocycles. The summed E-state index contributed by atoms with van der Waals surface area (Å²) < 4.78 is 19.4. The zero-order valence-electron chi connectivity index (χ0n) is 23.3. The van der Waals surface area contributed by atoms with Crippen LogP contribution in [0.1, 0.15) is 70.8 Å². The summed E-state index contributed by atoms with van der Waals surface area (Å²) in [5, 5.41) is 0. The Hall–Kier alpha value is -3.31. The maximum atomic E-state index is 11.0. The first-order chi connectivity index (χ1) is 18.3. The van der Waals surface area contributed by atoms with Gasteiger partial charge in [-0.15, -0.1) is 0 Å². The van der Waals surface area contributed by atoms with Gasteiger partial charge in [-0.2, -0.15) is 0 Å². The van der Waals surface area contributed by atoms with Crippen molar-refractivity contribution in [2.45, 2.75) is 71.7 Å². The van der Waals surface area contributed by atoms with Crippen molar-refractivity contribution in [3.05, 3.63) is 88.0 Å². The maximum absolute atomic E-state index is 11.0. The Morgan fingerprint density at radius 3 is 2.45 bits per heavy atom. The minimum atomic E-state index is -0.319. The second kappa shape index (κ2) is 10.8. The van der Waals surface area contributed by atoms with Crippen LogP contribution < -0.4 is 14.2 Å². The zero-order chi connectivity index (χ0) is 26.9. The molecule has 5 heteroatoms. The van der Waals surface area contributed by atoms with Crippen molar-refractivity contribution < 1.29 is 19.0 Å². The molecule has 5 rings (SSSR count). The van der Waals surface area contributed by atoms with Crippen molar-refractivity contribution in [2.75, 3.05) is 19.6 Å². The fourth-order valence-electron chi connectivity index (χ4n) is 5.96. The molecular weight excluding hydrogens is 474 g/mol. The van der Waals surface area contributed by atoms with E-state index >= 15 is 0 Å². The highest BCUT2D eigenvalue weighted by molar-refractivity contribution is 5.74. The molecule has 1 saturated heterocycles. The lowest BCUT2D eigenvalue weighted by Crippen LogP contribution is -2.46. The number of fused-ring (bicyclic) bond motifs is 1. The lowest BCUT2D eigenvalue weighted by atomic mass is 9.82. The Bertz CT molecular complexity index is 1280. The molecule has 2 atom stereocenters. The molecule has 2 aliphatic heterocycles. The Morgan fingerprint density at radius 2 is 1.74 bits per heavy atom. The maximum Gasteiger partial charge on any atom is 0.150 e. The molecule has 0 bridgehead atoms. The fraction of sp³-hybridized carbons (Fsp3) is 0.424. The van der Waals surface area contributed by atoms with E-state index in [4.69, 9.17) is 14.2 Å². The molecule has 3 aromatic rings. The van der Waals surface area contributed by atoms with Crippen LogP contribution in [0.15, 0.2) is 54.6 Å². The van der Waals surface area contributed by atoms with Crippen LogP contribution in [-0.2, 0) is 6.61 Å². The fourth-order valence-corrected chi connectivity index (χ4v) is 5.96. The van der Waals surface area contributed by atoms with Gasteiger partial charge in [0.2, 0.25) is 0 Å². The molecule has 0 aromatic heterocycles. The summed E-state index contributed by atoms with van der Waals surface area (Å²) in [6, 6.07) is 17.7. The predicted octanol–water partition coefficient (Wildman–Crippen LogP) is 6.80. The van der Waals surface area contributed by atoms with Crippen molar-refractivity contribution in [3.8, 4) is 17.2 Å². The molecule has 0 saturated carbocycles. The highest BCUT2D eigenvalue weighted by Crippen LogP contribution is 2.52. The van der Waals surface area contributed by atoms with Crippen LogP contribution in [0.25, 0.3) is 0 Å². The Morgan fingerprint density at radius 1 is 1.00 bits per heavy atom. The number of rotatable bonds is 8. The van der Waals surface area contributed by atoms with Gasteiger partial charge >= 0.3 is 0 Å². The van der Waals surface area contributed by atoms with Crippen molar-refractivity contribution in [3.63, 3.8) is 0 Å². The van der Waals surface area contributed by atoms with Gasteiger partial charge in [0.05, 0.1) is 0 Å². The molecular formula is C33H39NO4. The van der Waals surface area contributed by atoms with Crippen molar-refractivity contribution in [2.24, 2.45) is 0 Å². The van der Waals surface area contributed by atoms with Crippen LogP contribution in [0.2, 0.25) is 0 Å². The van der Waals surface area contributed by atoms with Crippen LogP contribution in [-0.4, -0.2) is 42.5 Å². The van der Waals surface area contributed by atoms with Gasteiger partial charge in [0, 0.05) is 30.1 Å². The Labute approximate surface area is 226 Å². The zero-order valence-corrected chi connectivity index (χ0v) is 23.3. The summed E-state index contributed by atoms with van der Waals surface area (Å²) in [7, 11) is 0. The molecule has 38 heavy (non-hydrogen) atoms. The number of piperidine rings is 1. The molecule has 2 aliphatic rings. The number of aldehydes is 1. The van der Waals surface area contributed by atoms with E-state index < -0.39 is 0 Å². The first kappa shape index (κ1) is 26.3. The first-order valence-corrected chi connectivity index (χ1v) is 13.7. The third kappa shape index (κ3) is 5.30. The number of hydrogen-bond donors (Lipinski definition) is 0. The van der Waals surface area contributed by atoms with Gasteiger partial charge < -0.3 is 14.2 Å². The standard InChI is InChI=1S/C33H39NO4/c1-22-23(2)32-30(24(3)31(22)36-21-26-10-7-6-8-11-26)29(33(4,5)38-32)19-34-17-9-12-28(18-34)37-27-15-13-25(20-35)14-16-27/h6-8,10-11,13-16,20,28-29H,9,12,17-19,21H2,1-5H3/t28-,29?/m1/s1. The molecule has 200 valence electrons. The van der Waals surface area contributed by atoms with Crippen molar-refractivity contribution in [1.29, 1.82) is 0 Å². The van der Waals surface area contributed by atoms with Gasteiger partial charge in [-0.25, -0.2) is 0 Å². The summed E-state index contributed by atoms with van der Waals surface area (Å²) in [4.78, 5) is 13.5.